The number of likely N-dealkylation sites (tertiary alicyclic amines) is 1. The minimum atomic E-state index is -1.14. The molecule has 33 heteroatoms. The highest BCUT2D eigenvalue weighted by Crippen LogP contribution is 2.28. The largest absolute Gasteiger partial charge is 0.443 e. The second-order valence-corrected chi connectivity index (χ2v) is 29.5. The Hall–Kier alpha value is -12.7. The molecule has 0 saturated carbocycles. The molecule has 1 aliphatic heterocycles. The fourth-order valence-electron chi connectivity index (χ4n) is 12.2. The van der Waals surface area contributed by atoms with Crippen molar-refractivity contribution in [3.63, 3.8) is 0 Å². The molecule has 15 N–H and O–H groups in total. The van der Waals surface area contributed by atoms with E-state index in [9.17, 15) is 43.2 Å². The van der Waals surface area contributed by atoms with Crippen molar-refractivity contribution in [1.82, 2.24) is 58.8 Å². The van der Waals surface area contributed by atoms with Crippen molar-refractivity contribution >= 4 is 70.3 Å². The van der Waals surface area contributed by atoms with Gasteiger partial charge in [-0.2, -0.15) is 0 Å². The Labute approximate surface area is 693 Å². The van der Waals surface area contributed by atoms with E-state index in [1.165, 1.54) is 19.0 Å². The van der Waals surface area contributed by atoms with Gasteiger partial charge in [0.05, 0.1) is 108 Å². The van der Waals surface area contributed by atoms with Gasteiger partial charge in [-0.05, 0) is 119 Å². The van der Waals surface area contributed by atoms with E-state index in [2.05, 4.69) is 30.9 Å². The maximum atomic E-state index is 13.0. The number of imidazole rings is 3. The zero-order valence-corrected chi connectivity index (χ0v) is 66.2. The lowest BCUT2D eigenvalue weighted by Gasteiger charge is -2.25. The Morgan fingerprint density at radius 3 is 1.15 bits per heavy atom. The number of aromatic nitrogens is 6. The lowest BCUT2D eigenvalue weighted by atomic mass is 10.0. The number of carbonyl (C=O) groups excluding carboxylic acids is 9. The standard InChI is InChI=1S/C31H36N6O5.C27H34N6O5.C25H32N6O5.3CH4/c1-31(2,33)29(39)35-26(20-41-18-22-12-7-8-15-25(22)21-10-5-4-6-11-21)28-34-16-23-13-9-14-24(37(23)28)19-42-30(40)36(3)17-27(32)38;1-27(2,29)25(35)31-21(17-37-15-18-8-4-3-5-9-18)24-30-14-19-10-6-11-20(33(19)24)16-38-26(36)32-13-7-12-22(32)23(28)34;1-25(2,27)23(33)29-20(16-35-14-17-8-5-4-6-9-17)22-28-12-18-10-7-11-19(31(18)22)15-36-24(34)30(3)13-21(26)32;;;/h4-16,26H,17-20,33H2,1-3H3,(H2,32,38)(H,35,39);3-6,8-11,14,21-22H,7,12-13,15-17,29H2,1-2H3,(H2,28,34)(H,31,35);4-12,20H,13-16,27H2,1-3H3,(H2,26,32)(H,29,33);3*1H4/t26-;21-,22-;20-;;;/m111.../s1. The average Bonchev–Trinajstić information content (AvgIpc) is 1.66. The fourth-order valence-corrected chi connectivity index (χ4v) is 12.2. The molecule has 1 saturated heterocycles. The summed E-state index contributed by atoms with van der Waals surface area (Å²) in [4.78, 5) is 127. The van der Waals surface area contributed by atoms with E-state index in [-0.39, 0.29) is 92.7 Å². The van der Waals surface area contributed by atoms with Gasteiger partial charge in [-0.3, -0.25) is 46.9 Å². The number of nitrogens with zero attached hydrogens (tertiary/aromatic N) is 9. The lowest BCUT2D eigenvalue weighted by molar-refractivity contribution is -0.127. The van der Waals surface area contributed by atoms with Gasteiger partial charge in [0.15, 0.2) is 0 Å². The summed E-state index contributed by atoms with van der Waals surface area (Å²) in [5.41, 5.74) is 39.7. The Morgan fingerprint density at radius 2 is 0.790 bits per heavy atom. The molecule has 9 amide bonds. The van der Waals surface area contributed by atoms with Gasteiger partial charge in [0, 0.05) is 20.6 Å². The van der Waals surface area contributed by atoms with Gasteiger partial charge in [0.1, 0.15) is 74.6 Å². The van der Waals surface area contributed by atoms with E-state index < -0.39 is 76.8 Å². The monoisotopic (exact) mass is 1640 g/mol. The predicted molar refractivity (Wildman–Crippen MR) is 450 cm³/mol. The van der Waals surface area contributed by atoms with Gasteiger partial charge in [0.2, 0.25) is 35.4 Å². The Balaban J connectivity index is 0.000000274. The number of hydrogen-bond acceptors (Lipinski definition) is 21. The maximum absolute atomic E-state index is 13.0. The van der Waals surface area contributed by atoms with Crippen molar-refractivity contribution in [2.24, 2.45) is 34.4 Å². The van der Waals surface area contributed by atoms with Crippen LogP contribution in [0.1, 0.15) is 146 Å². The number of ether oxygens (including phenoxy) is 6. The van der Waals surface area contributed by atoms with Crippen LogP contribution in [0.25, 0.3) is 27.7 Å². The van der Waals surface area contributed by atoms with E-state index in [0.29, 0.717) is 73.8 Å². The predicted octanol–water partition coefficient (Wildman–Crippen LogP) is 8.61. The van der Waals surface area contributed by atoms with E-state index >= 15 is 0 Å². The third-order valence-electron chi connectivity index (χ3n) is 18.3. The normalized spacial score (nSPS) is 13.2. The van der Waals surface area contributed by atoms with Crippen molar-refractivity contribution < 1.29 is 71.6 Å². The third kappa shape index (κ3) is 26.9. The molecule has 7 heterocycles. The zero-order valence-electron chi connectivity index (χ0n) is 66.2. The zero-order chi connectivity index (χ0) is 83.9. The van der Waals surface area contributed by atoms with E-state index in [0.717, 1.165) is 54.2 Å². The first-order valence-corrected chi connectivity index (χ1v) is 37.4. The van der Waals surface area contributed by atoms with Gasteiger partial charge >= 0.3 is 18.3 Å². The second kappa shape index (κ2) is 44.1. The highest BCUT2D eigenvalue weighted by atomic mass is 16.6. The Morgan fingerprint density at radius 1 is 0.445 bits per heavy atom. The number of hydrogen-bond donors (Lipinski definition) is 9. The smallest absolute Gasteiger partial charge is 0.410 e. The van der Waals surface area contributed by atoms with Crippen LogP contribution in [0.5, 0.6) is 0 Å². The molecule has 1 fully saturated rings. The quantitative estimate of drug-likeness (QED) is 0.0174. The summed E-state index contributed by atoms with van der Waals surface area (Å²) < 4.78 is 39.9. The summed E-state index contributed by atoms with van der Waals surface area (Å²) in [5.74, 6) is -1.48. The minimum Gasteiger partial charge on any atom is -0.443 e. The van der Waals surface area contributed by atoms with Crippen LogP contribution in [0, 0.1) is 0 Å². The second-order valence-electron chi connectivity index (χ2n) is 29.5. The third-order valence-corrected chi connectivity index (χ3v) is 18.3. The van der Waals surface area contributed by atoms with Crippen LogP contribution in [0.15, 0.2) is 188 Å². The van der Waals surface area contributed by atoms with E-state index in [1.807, 2.05) is 150 Å². The molecule has 11 rings (SSSR count). The number of fused-ring (bicyclic) bond motifs is 3. The molecule has 0 radical (unpaired) electrons. The van der Waals surface area contributed by atoms with Crippen molar-refractivity contribution in [3.05, 3.63) is 240 Å². The van der Waals surface area contributed by atoms with Gasteiger partial charge in [-0.1, -0.05) is 156 Å². The molecular weight excluding hydrogens is 1530 g/mol. The number of nitrogens with one attached hydrogen (secondary N) is 3. The number of likely N-dealkylation sites (N-methyl/N-ethyl adjacent to an activating group) is 2. The van der Waals surface area contributed by atoms with Crippen molar-refractivity contribution in [2.45, 2.75) is 157 Å². The number of amides is 9. The number of carbonyl (C=O) groups is 9. The summed E-state index contributed by atoms with van der Waals surface area (Å²) in [5, 5.41) is 8.86. The molecule has 6 aromatic heterocycles. The lowest BCUT2D eigenvalue weighted by Crippen LogP contribution is -2.51. The molecule has 0 aliphatic carbocycles. The summed E-state index contributed by atoms with van der Waals surface area (Å²) >= 11 is 0. The van der Waals surface area contributed by atoms with Crippen LogP contribution in [0.2, 0.25) is 0 Å². The number of rotatable bonds is 33. The molecule has 33 nitrogen and oxygen atoms in total. The van der Waals surface area contributed by atoms with Crippen molar-refractivity contribution in [1.29, 1.82) is 0 Å². The van der Waals surface area contributed by atoms with E-state index in [1.54, 1.807) is 93.2 Å². The highest BCUT2D eigenvalue weighted by molar-refractivity contribution is 5.87. The molecule has 0 unspecified atom stereocenters. The first kappa shape index (κ1) is 95.2. The fraction of sp³-hybridized carbons (Fsp3) is 0.372. The highest BCUT2D eigenvalue weighted by Gasteiger charge is 2.36. The van der Waals surface area contributed by atoms with Crippen LogP contribution in [-0.2, 0) is 96.8 Å². The summed E-state index contributed by atoms with van der Waals surface area (Å²) in [6.07, 6.45) is 4.19. The van der Waals surface area contributed by atoms with Crippen LogP contribution in [0.4, 0.5) is 14.4 Å². The van der Waals surface area contributed by atoms with Crippen LogP contribution in [-0.4, -0.2) is 173 Å². The topological polar surface area (TPSA) is 463 Å². The number of nitrogens with two attached hydrogens (primary N) is 6. The van der Waals surface area contributed by atoms with Gasteiger partial charge in [0.25, 0.3) is 0 Å². The average molecular weight is 1640 g/mol. The summed E-state index contributed by atoms with van der Waals surface area (Å²) in [7, 11) is 2.84. The number of benzene rings is 4. The van der Waals surface area contributed by atoms with Crippen molar-refractivity contribution in [2.75, 3.05) is 53.6 Å². The van der Waals surface area contributed by atoms with Gasteiger partial charge in [-0.15, -0.1) is 0 Å². The van der Waals surface area contributed by atoms with Crippen molar-refractivity contribution in [3.8, 4) is 11.1 Å². The SMILES string of the molecule is C.C.C.CC(C)(N)C(=O)N[C@H](COCc1ccccc1)c1ncc2cccc(COC(=O)N3CCC[C@@H]3C(N)=O)n12.CN(CC(N)=O)C(=O)OCc1cccc2cnc([C@@H](COCc3ccccc3)NC(=O)C(C)(C)N)n12.CN(CC(N)=O)C(=O)OCc1cccc2cnc([C@@H](COCc3ccccc3-c3ccccc3)NC(=O)C(C)(C)N)n12. The number of pyridine rings is 3. The molecule has 638 valence electrons. The molecule has 1 aliphatic rings. The van der Waals surface area contributed by atoms with Gasteiger partial charge < -0.3 is 88.6 Å². The molecule has 10 aromatic rings. The molecule has 0 spiro atoms. The molecule has 119 heavy (non-hydrogen) atoms. The Kier molecular flexibility index (Phi) is 35.2. The minimum absolute atomic E-state index is 0. The molecule has 4 aromatic carbocycles. The Bertz CT molecular complexity index is 5020. The summed E-state index contributed by atoms with van der Waals surface area (Å²) in [6, 6.07) is 51.1. The summed E-state index contributed by atoms with van der Waals surface area (Å²) in [6.45, 7) is 10.7. The molecule has 0 bridgehead atoms. The van der Waals surface area contributed by atoms with Crippen LogP contribution < -0.4 is 50.4 Å². The van der Waals surface area contributed by atoms with Gasteiger partial charge in [-0.25, -0.2) is 29.3 Å². The van der Waals surface area contributed by atoms with Crippen LogP contribution in [0.3, 0.4) is 0 Å². The van der Waals surface area contributed by atoms with E-state index in [4.69, 9.17) is 62.8 Å². The molecular formula is C86H114N18O15. The molecule has 4 atom stereocenters. The number of primary amides is 3. The first-order valence-electron chi connectivity index (χ1n) is 37.4. The van der Waals surface area contributed by atoms with Crippen LogP contribution >= 0.6 is 0 Å². The first-order chi connectivity index (χ1) is 55.2. The maximum Gasteiger partial charge on any atom is 0.410 e.